The van der Waals surface area contributed by atoms with Gasteiger partial charge in [0.1, 0.15) is 0 Å². The second-order valence-corrected chi connectivity index (χ2v) is 7.84. The summed E-state index contributed by atoms with van der Waals surface area (Å²) in [6, 6.07) is 10.0. The maximum Gasteiger partial charge on any atom is 0.417 e. The van der Waals surface area contributed by atoms with Crippen LogP contribution in [0, 0.1) is 0 Å². The molecule has 0 saturated carbocycles. The first-order valence-corrected chi connectivity index (χ1v) is 10.1. The number of rotatable bonds is 3. The van der Waals surface area contributed by atoms with Crippen molar-refractivity contribution in [3.8, 4) is 5.82 Å². The van der Waals surface area contributed by atoms with Gasteiger partial charge < -0.3 is 4.90 Å². The third-order valence-corrected chi connectivity index (χ3v) is 5.63. The Labute approximate surface area is 186 Å². The molecule has 5 rings (SSSR count). The number of aryl methyl sites for hydroxylation is 1. The summed E-state index contributed by atoms with van der Waals surface area (Å²) >= 11 is 0. The zero-order valence-corrected chi connectivity index (χ0v) is 17.4. The van der Waals surface area contributed by atoms with E-state index in [0.717, 1.165) is 29.0 Å². The van der Waals surface area contributed by atoms with Crippen molar-refractivity contribution in [3.63, 3.8) is 0 Å². The molecular weight excluding hydrogens is 435 g/mol. The van der Waals surface area contributed by atoms with E-state index in [9.17, 15) is 18.0 Å². The van der Waals surface area contributed by atoms with E-state index >= 15 is 0 Å². The molecule has 4 heterocycles. The van der Waals surface area contributed by atoms with Gasteiger partial charge in [-0.25, -0.2) is 9.67 Å². The molecule has 33 heavy (non-hydrogen) atoms. The van der Waals surface area contributed by atoms with E-state index in [1.54, 1.807) is 15.8 Å². The molecule has 0 N–H and O–H groups in total. The first-order valence-electron chi connectivity index (χ1n) is 10.1. The number of aromatic nitrogens is 6. The molecular formula is C22H18F3N7O. The minimum Gasteiger partial charge on any atom is -0.332 e. The quantitative estimate of drug-likeness (QED) is 0.476. The summed E-state index contributed by atoms with van der Waals surface area (Å²) in [5, 5.41) is 12.1. The highest BCUT2D eigenvalue weighted by atomic mass is 19.4. The van der Waals surface area contributed by atoms with E-state index in [1.165, 1.54) is 16.9 Å². The molecule has 0 fully saturated rings. The first-order chi connectivity index (χ1) is 15.8. The Morgan fingerprint density at radius 2 is 1.91 bits per heavy atom. The number of pyridine rings is 1. The number of amides is 1. The van der Waals surface area contributed by atoms with Crippen molar-refractivity contribution in [2.24, 2.45) is 7.05 Å². The number of carbonyl (C=O) groups is 1. The molecule has 0 bridgehead atoms. The van der Waals surface area contributed by atoms with Crippen LogP contribution in [-0.2, 0) is 19.8 Å². The van der Waals surface area contributed by atoms with Crippen molar-refractivity contribution in [2.45, 2.75) is 18.6 Å². The van der Waals surface area contributed by atoms with Gasteiger partial charge in [-0.1, -0.05) is 29.5 Å². The Hall–Kier alpha value is -4.02. The van der Waals surface area contributed by atoms with Crippen molar-refractivity contribution in [1.82, 2.24) is 34.7 Å². The Balaban J connectivity index is 1.40. The minimum absolute atomic E-state index is 0.0424. The van der Waals surface area contributed by atoms with E-state index in [0.29, 0.717) is 13.1 Å². The predicted molar refractivity (Wildman–Crippen MR) is 110 cm³/mol. The molecule has 1 unspecified atom stereocenters. The van der Waals surface area contributed by atoms with E-state index in [2.05, 4.69) is 26.5 Å². The molecule has 1 aliphatic rings. The van der Waals surface area contributed by atoms with Gasteiger partial charge in [0, 0.05) is 38.4 Å². The fraction of sp³-hybridized carbons (Fsp3) is 0.227. The molecule has 3 aromatic heterocycles. The summed E-state index contributed by atoms with van der Waals surface area (Å²) in [4.78, 5) is 18.7. The van der Waals surface area contributed by atoms with Crippen molar-refractivity contribution in [3.05, 3.63) is 89.1 Å². The van der Waals surface area contributed by atoms with Crippen molar-refractivity contribution in [1.29, 1.82) is 0 Å². The lowest BCUT2D eigenvalue weighted by Crippen LogP contribution is -2.38. The van der Waals surface area contributed by atoms with Crippen LogP contribution < -0.4 is 0 Å². The van der Waals surface area contributed by atoms with Crippen LogP contribution in [0.1, 0.15) is 38.7 Å². The van der Waals surface area contributed by atoms with Crippen LogP contribution in [-0.4, -0.2) is 47.1 Å². The third kappa shape index (κ3) is 3.97. The third-order valence-electron chi connectivity index (χ3n) is 5.63. The molecule has 1 aromatic carbocycles. The summed E-state index contributed by atoms with van der Waals surface area (Å²) in [5.41, 5.74) is 2.40. The second kappa shape index (κ2) is 7.84. The largest absolute Gasteiger partial charge is 0.417 e. The van der Waals surface area contributed by atoms with Crippen LogP contribution in [0.5, 0.6) is 0 Å². The highest BCUT2D eigenvalue weighted by molar-refractivity contribution is 5.92. The Bertz CT molecular complexity index is 1310. The summed E-state index contributed by atoms with van der Waals surface area (Å²) in [5.74, 6) is -0.234. The SMILES string of the molecule is Cn1cc(C2CN(C(=O)c3cn(-c4ccc(C(F)(F)F)cn4)nn3)Cc3ccccc32)cn1. The number of hydrogen-bond donors (Lipinski definition) is 0. The van der Waals surface area contributed by atoms with Gasteiger partial charge in [-0.15, -0.1) is 5.10 Å². The van der Waals surface area contributed by atoms with Gasteiger partial charge in [0.15, 0.2) is 11.5 Å². The maximum absolute atomic E-state index is 13.2. The summed E-state index contributed by atoms with van der Waals surface area (Å²) in [7, 11) is 1.84. The number of benzene rings is 1. The van der Waals surface area contributed by atoms with Crippen LogP contribution in [0.2, 0.25) is 0 Å². The van der Waals surface area contributed by atoms with E-state index in [-0.39, 0.29) is 23.3 Å². The standard InChI is InChI=1S/C22H18F3N7O/c1-30-10-15(8-27-30)18-12-31(11-14-4-2-3-5-17(14)18)21(33)19-13-32(29-28-19)20-7-6-16(9-26-20)22(23,24)25/h2-10,13,18H,11-12H2,1H3. The summed E-state index contributed by atoms with van der Waals surface area (Å²) < 4.78 is 41.2. The molecule has 168 valence electrons. The monoisotopic (exact) mass is 453 g/mol. The van der Waals surface area contributed by atoms with Crippen molar-refractivity contribution < 1.29 is 18.0 Å². The molecule has 0 aliphatic carbocycles. The number of carbonyl (C=O) groups excluding carboxylic acids is 1. The van der Waals surface area contributed by atoms with Crippen LogP contribution in [0.15, 0.2) is 61.2 Å². The van der Waals surface area contributed by atoms with Gasteiger partial charge in [-0.3, -0.25) is 9.48 Å². The number of nitrogens with zero attached hydrogens (tertiary/aromatic N) is 7. The fourth-order valence-corrected chi connectivity index (χ4v) is 3.99. The zero-order chi connectivity index (χ0) is 23.2. The highest BCUT2D eigenvalue weighted by Crippen LogP contribution is 2.34. The number of halogens is 3. The molecule has 1 aliphatic heterocycles. The molecule has 1 atom stereocenters. The lowest BCUT2D eigenvalue weighted by atomic mass is 9.86. The van der Waals surface area contributed by atoms with E-state index < -0.39 is 11.7 Å². The molecule has 0 saturated heterocycles. The molecule has 11 heteroatoms. The Kier molecular flexibility index (Phi) is 4.95. The number of fused-ring (bicyclic) bond motifs is 1. The van der Waals surface area contributed by atoms with Gasteiger partial charge >= 0.3 is 6.18 Å². The van der Waals surface area contributed by atoms with Gasteiger partial charge in [-0.05, 0) is 28.8 Å². The van der Waals surface area contributed by atoms with Crippen LogP contribution >= 0.6 is 0 Å². The van der Waals surface area contributed by atoms with Crippen LogP contribution in [0.4, 0.5) is 13.2 Å². The minimum atomic E-state index is -4.48. The van der Waals surface area contributed by atoms with Crippen LogP contribution in [0.25, 0.3) is 5.82 Å². The maximum atomic E-state index is 13.2. The average Bonchev–Trinajstić information content (AvgIpc) is 3.47. The smallest absolute Gasteiger partial charge is 0.332 e. The first kappa shape index (κ1) is 20.9. The Morgan fingerprint density at radius 1 is 1.09 bits per heavy atom. The normalized spacial score (nSPS) is 16.0. The summed E-state index contributed by atoms with van der Waals surface area (Å²) in [6.45, 7) is 0.851. The topological polar surface area (TPSA) is 81.7 Å². The molecule has 8 nitrogen and oxygen atoms in total. The predicted octanol–water partition coefficient (Wildman–Crippen LogP) is 3.20. The van der Waals surface area contributed by atoms with Crippen molar-refractivity contribution in [2.75, 3.05) is 6.54 Å². The van der Waals surface area contributed by atoms with Gasteiger partial charge in [0.2, 0.25) is 0 Å². The number of hydrogen-bond acceptors (Lipinski definition) is 5. The van der Waals surface area contributed by atoms with Gasteiger partial charge in [0.25, 0.3) is 5.91 Å². The van der Waals surface area contributed by atoms with E-state index in [4.69, 9.17) is 0 Å². The number of alkyl halides is 3. The molecule has 0 spiro atoms. The Morgan fingerprint density at radius 3 is 2.61 bits per heavy atom. The second-order valence-electron chi connectivity index (χ2n) is 7.84. The highest BCUT2D eigenvalue weighted by Gasteiger charge is 2.32. The average molecular weight is 453 g/mol. The lowest BCUT2D eigenvalue weighted by Gasteiger charge is -2.34. The van der Waals surface area contributed by atoms with Crippen molar-refractivity contribution >= 4 is 5.91 Å². The summed E-state index contributed by atoms with van der Waals surface area (Å²) in [6.07, 6.45) is 1.34. The molecule has 1 amide bonds. The van der Waals surface area contributed by atoms with Gasteiger partial charge in [-0.2, -0.15) is 18.3 Å². The van der Waals surface area contributed by atoms with Gasteiger partial charge in [0.05, 0.1) is 18.0 Å². The molecule has 0 radical (unpaired) electrons. The fourth-order valence-electron chi connectivity index (χ4n) is 3.99. The molecule has 4 aromatic rings. The lowest BCUT2D eigenvalue weighted by molar-refractivity contribution is -0.137. The zero-order valence-electron chi connectivity index (χ0n) is 17.4. The van der Waals surface area contributed by atoms with E-state index in [1.807, 2.05) is 31.4 Å². The van der Waals surface area contributed by atoms with Crippen LogP contribution in [0.3, 0.4) is 0 Å².